The summed E-state index contributed by atoms with van der Waals surface area (Å²) in [6.45, 7) is 8.78. The number of allylic oxidation sites excluding steroid dienone is 1. The molecule has 0 aromatic heterocycles. The van der Waals surface area contributed by atoms with Crippen molar-refractivity contribution in [2.45, 2.75) is 108 Å². The van der Waals surface area contributed by atoms with Crippen molar-refractivity contribution >= 4 is 23.7 Å². The van der Waals surface area contributed by atoms with Gasteiger partial charge in [-0.25, -0.2) is 17.6 Å². The predicted octanol–water partition coefficient (Wildman–Crippen LogP) is 6.14. The first-order chi connectivity index (χ1) is 24.8. The Balaban J connectivity index is 1.45. The molecule has 6 atom stereocenters. The van der Waals surface area contributed by atoms with Gasteiger partial charge in [-0.05, 0) is 67.9 Å². The summed E-state index contributed by atoms with van der Waals surface area (Å²) >= 11 is 0. The molecule has 13 nitrogen and oxygen atoms in total. The molecule has 1 amide bonds. The SMILES string of the molecule is CCCCOP(=O)(COC1C=CC(C[C@H](NC(=O)O[C@H]2CO[C@H]3OCC[C@H]32)[C@H](O)CN(CC(C)C)S(=O)(=O)c2ccc(F)cc2)=CC1)OCCCC. The molecule has 4 rings (SSSR count). The monoisotopic (exact) mass is 774 g/mol. The van der Waals surface area contributed by atoms with Gasteiger partial charge in [0.15, 0.2) is 6.29 Å². The fraction of sp³-hybridized carbons (Fsp3) is 0.694. The maximum absolute atomic E-state index is 13.7. The van der Waals surface area contributed by atoms with Gasteiger partial charge in [-0.1, -0.05) is 58.8 Å². The smallest absolute Gasteiger partial charge is 0.407 e. The van der Waals surface area contributed by atoms with Crippen LogP contribution in [-0.2, 0) is 42.6 Å². The van der Waals surface area contributed by atoms with E-state index >= 15 is 0 Å². The van der Waals surface area contributed by atoms with Crippen molar-refractivity contribution in [1.29, 1.82) is 0 Å². The highest BCUT2D eigenvalue weighted by Crippen LogP contribution is 2.49. The quantitative estimate of drug-likeness (QED) is 0.103. The summed E-state index contributed by atoms with van der Waals surface area (Å²) < 4.78 is 89.6. The average Bonchev–Trinajstić information content (AvgIpc) is 3.73. The molecular weight excluding hydrogens is 718 g/mol. The number of amides is 1. The Kier molecular flexibility index (Phi) is 16.7. The molecule has 0 saturated carbocycles. The fourth-order valence-electron chi connectivity index (χ4n) is 6.09. The topological polar surface area (TPSA) is 159 Å². The minimum Gasteiger partial charge on any atom is -0.443 e. The van der Waals surface area contributed by atoms with E-state index in [9.17, 15) is 27.3 Å². The number of alkyl carbamates (subject to hydrolysis) is 1. The maximum Gasteiger partial charge on any atom is 0.407 e. The van der Waals surface area contributed by atoms with Crippen molar-refractivity contribution in [2.24, 2.45) is 11.8 Å². The summed E-state index contributed by atoms with van der Waals surface area (Å²) in [5.74, 6) is -0.772. The Bertz CT molecular complexity index is 1480. The summed E-state index contributed by atoms with van der Waals surface area (Å²) in [5.41, 5.74) is 0.760. The first kappa shape index (κ1) is 42.5. The molecule has 294 valence electrons. The lowest BCUT2D eigenvalue weighted by molar-refractivity contribution is -0.0907. The summed E-state index contributed by atoms with van der Waals surface area (Å²) in [6, 6.07) is 3.55. The second kappa shape index (κ2) is 20.5. The van der Waals surface area contributed by atoms with E-state index in [0.29, 0.717) is 32.7 Å². The number of benzene rings is 1. The largest absolute Gasteiger partial charge is 0.443 e. The molecule has 2 heterocycles. The van der Waals surface area contributed by atoms with E-state index in [1.807, 2.05) is 33.8 Å². The number of hydrogen-bond acceptors (Lipinski definition) is 11. The Morgan fingerprint density at radius 1 is 1.10 bits per heavy atom. The molecule has 2 aliphatic heterocycles. The van der Waals surface area contributed by atoms with Crippen LogP contribution in [0.15, 0.2) is 53.0 Å². The van der Waals surface area contributed by atoms with E-state index in [0.717, 1.165) is 47.7 Å². The molecule has 16 heteroatoms. The van der Waals surface area contributed by atoms with Crippen LogP contribution in [0.2, 0.25) is 0 Å². The zero-order chi connectivity index (χ0) is 37.7. The Labute approximate surface area is 307 Å². The number of ether oxygens (including phenoxy) is 4. The van der Waals surface area contributed by atoms with Gasteiger partial charge in [-0.3, -0.25) is 4.57 Å². The number of nitrogens with zero attached hydrogens (tertiary/aromatic N) is 1. The molecule has 1 aliphatic carbocycles. The van der Waals surface area contributed by atoms with Crippen LogP contribution < -0.4 is 5.32 Å². The third kappa shape index (κ3) is 12.7. The fourth-order valence-corrected chi connectivity index (χ4v) is 9.13. The van der Waals surface area contributed by atoms with Gasteiger partial charge in [0.25, 0.3) is 0 Å². The lowest BCUT2D eigenvalue weighted by Crippen LogP contribution is -2.51. The van der Waals surface area contributed by atoms with E-state index in [-0.39, 0.29) is 49.2 Å². The number of sulfonamides is 1. The molecule has 1 aromatic carbocycles. The number of aliphatic hydroxyl groups is 1. The Morgan fingerprint density at radius 3 is 2.40 bits per heavy atom. The molecule has 2 N–H and O–H groups in total. The average molecular weight is 775 g/mol. The van der Waals surface area contributed by atoms with Crippen LogP contribution in [0.3, 0.4) is 0 Å². The normalized spacial score (nSPS) is 23.1. The minimum absolute atomic E-state index is 0.0756. The van der Waals surface area contributed by atoms with Gasteiger partial charge in [0.1, 0.15) is 18.3 Å². The molecule has 0 spiro atoms. The zero-order valence-electron chi connectivity index (χ0n) is 30.7. The number of halogens is 1. The highest BCUT2D eigenvalue weighted by atomic mass is 32.2. The number of carbonyl (C=O) groups is 1. The van der Waals surface area contributed by atoms with Crippen LogP contribution >= 0.6 is 7.60 Å². The van der Waals surface area contributed by atoms with Gasteiger partial charge in [0, 0.05) is 13.1 Å². The van der Waals surface area contributed by atoms with Crippen LogP contribution in [0.1, 0.15) is 72.6 Å². The molecular formula is C36H56FN2O11PS. The summed E-state index contributed by atoms with van der Waals surface area (Å²) in [5, 5.41) is 14.4. The number of hydrogen-bond donors (Lipinski definition) is 2. The van der Waals surface area contributed by atoms with Crippen molar-refractivity contribution in [1.82, 2.24) is 9.62 Å². The molecule has 0 bridgehead atoms. The van der Waals surface area contributed by atoms with Gasteiger partial charge >= 0.3 is 13.7 Å². The Hall–Kier alpha value is -2.20. The zero-order valence-corrected chi connectivity index (χ0v) is 32.4. The van der Waals surface area contributed by atoms with Crippen molar-refractivity contribution < 1.29 is 55.3 Å². The number of unbranched alkanes of at least 4 members (excludes halogenated alkanes) is 2. The number of carbonyl (C=O) groups excluding carboxylic acids is 1. The van der Waals surface area contributed by atoms with Crippen LogP contribution in [0.25, 0.3) is 0 Å². The van der Waals surface area contributed by atoms with E-state index in [2.05, 4.69) is 5.32 Å². The number of nitrogens with one attached hydrogen (secondary N) is 1. The molecule has 3 aliphatic rings. The minimum atomic E-state index is -4.13. The van der Waals surface area contributed by atoms with Gasteiger partial charge in [-0.15, -0.1) is 0 Å². The van der Waals surface area contributed by atoms with Crippen LogP contribution in [-0.4, -0.2) is 100 Å². The van der Waals surface area contributed by atoms with Crippen LogP contribution in [0.4, 0.5) is 9.18 Å². The lowest BCUT2D eigenvalue weighted by Gasteiger charge is -2.31. The van der Waals surface area contributed by atoms with E-state index in [1.165, 1.54) is 12.1 Å². The molecule has 2 fully saturated rings. The standard InChI is InChI=1S/C36H56FN2O11PS/c1-5-7-18-48-51(42,49-19-8-6-2)25-47-29-13-9-27(10-14-29)21-32(38-36(41)50-34-24-46-35-31(34)17-20-45-35)33(40)23-39(22-26(3)4)52(43,44)30-15-11-28(37)12-16-30/h9-13,15-16,26,29,31-35,40H,5-8,14,17-25H2,1-4H3,(H,38,41)/t29?,31-,32-,33+,34-,35+/m0/s1. The molecule has 1 unspecified atom stereocenters. The highest BCUT2D eigenvalue weighted by molar-refractivity contribution is 7.89. The van der Waals surface area contributed by atoms with Gasteiger partial charge in [0.2, 0.25) is 10.0 Å². The molecule has 52 heavy (non-hydrogen) atoms. The lowest BCUT2D eigenvalue weighted by atomic mass is 9.96. The third-order valence-corrected chi connectivity index (χ3v) is 12.5. The number of aliphatic hydroxyl groups excluding tert-OH is 1. The highest BCUT2D eigenvalue weighted by Gasteiger charge is 2.44. The second-order valence-corrected chi connectivity index (χ2v) is 17.8. The van der Waals surface area contributed by atoms with Crippen LogP contribution in [0.5, 0.6) is 0 Å². The molecule has 1 aromatic rings. The summed E-state index contributed by atoms with van der Waals surface area (Å²) in [6.07, 6.45) is 6.34. The van der Waals surface area contributed by atoms with Gasteiger partial charge < -0.3 is 38.4 Å². The molecule has 0 radical (unpaired) electrons. The first-order valence-electron chi connectivity index (χ1n) is 18.3. The second-order valence-electron chi connectivity index (χ2n) is 13.9. The maximum atomic E-state index is 13.7. The number of rotatable bonds is 22. The van der Waals surface area contributed by atoms with E-state index < -0.39 is 60.2 Å². The predicted molar refractivity (Wildman–Crippen MR) is 193 cm³/mol. The van der Waals surface area contributed by atoms with Gasteiger partial charge in [-0.2, -0.15) is 4.31 Å². The molecule has 2 saturated heterocycles. The summed E-state index contributed by atoms with van der Waals surface area (Å²) in [4.78, 5) is 13.2. The van der Waals surface area contributed by atoms with Crippen molar-refractivity contribution in [2.75, 3.05) is 45.9 Å². The summed E-state index contributed by atoms with van der Waals surface area (Å²) in [7, 11) is -7.58. The number of fused-ring (bicyclic) bond motifs is 1. The van der Waals surface area contributed by atoms with Crippen molar-refractivity contribution in [3.05, 3.63) is 53.9 Å². The van der Waals surface area contributed by atoms with Crippen LogP contribution in [0, 0.1) is 17.7 Å². The van der Waals surface area contributed by atoms with E-state index in [1.54, 1.807) is 12.2 Å². The first-order valence-corrected chi connectivity index (χ1v) is 21.5. The van der Waals surface area contributed by atoms with Gasteiger partial charge in [0.05, 0.1) is 55.5 Å². The van der Waals surface area contributed by atoms with Crippen molar-refractivity contribution in [3.63, 3.8) is 0 Å². The van der Waals surface area contributed by atoms with Crippen molar-refractivity contribution in [3.8, 4) is 0 Å². The Morgan fingerprint density at radius 2 is 1.79 bits per heavy atom. The van der Waals surface area contributed by atoms with E-state index in [4.69, 9.17) is 28.0 Å². The third-order valence-electron chi connectivity index (χ3n) is 9.03.